The van der Waals surface area contributed by atoms with E-state index >= 15 is 0 Å². The van der Waals surface area contributed by atoms with Crippen LogP contribution in [0.5, 0.6) is 0 Å². The number of hydrogen-bond acceptors (Lipinski definition) is 5. The second kappa shape index (κ2) is 7.64. The molecule has 26 heavy (non-hydrogen) atoms. The van der Waals surface area contributed by atoms with Crippen molar-refractivity contribution in [3.05, 3.63) is 46.1 Å². The van der Waals surface area contributed by atoms with E-state index in [0.29, 0.717) is 13.3 Å². The summed E-state index contributed by atoms with van der Waals surface area (Å²) in [6.07, 6.45) is 0.855. The van der Waals surface area contributed by atoms with E-state index in [1.54, 1.807) is 0 Å². The molecule has 2 aromatic rings. The summed E-state index contributed by atoms with van der Waals surface area (Å²) >= 11 is 0. The lowest BCUT2D eigenvalue weighted by atomic mass is 10.0. The number of rotatable bonds is 5. The molecule has 0 saturated carbocycles. The minimum absolute atomic E-state index is 0.0270. The molecule has 1 aliphatic heterocycles. The van der Waals surface area contributed by atoms with Crippen molar-refractivity contribution in [1.82, 2.24) is 4.98 Å². The fraction of sp³-hybridized carbons (Fsp3) is 0.476. The Hall–Kier alpha value is -2.11. The summed E-state index contributed by atoms with van der Waals surface area (Å²) < 4.78 is 5.92. The molecule has 1 aromatic carbocycles. The lowest BCUT2D eigenvalue weighted by Crippen LogP contribution is -2.31. The predicted octanol–water partition coefficient (Wildman–Crippen LogP) is 4.12. The van der Waals surface area contributed by atoms with Gasteiger partial charge in [-0.1, -0.05) is 24.6 Å². The highest BCUT2D eigenvalue weighted by atomic mass is 16.5. The summed E-state index contributed by atoms with van der Waals surface area (Å²) in [6.45, 7) is 11.6. The molecule has 0 spiro atoms. The van der Waals surface area contributed by atoms with Gasteiger partial charge in [0.1, 0.15) is 12.5 Å². The molecule has 2 heterocycles. The lowest BCUT2D eigenvalue weighted by molar-refractivity contribution is 0.116. The first-order valence-corrected chi connectivity index (χ1v) is 9.25. The van der Waals surface area contributed by atoms with E-state index in [0.717, 1.165) is 34.9 Å². The highest BCUT2D eigenvalue weighted by Crippen LogP contribution is 2.39. The molecule has 0 radical (unpaired) electrons. The number of aliphatic hydroxyl groups excluding tert-OH is 1. The van der Waals surface area contributed by atoms with Gasteiger partial charge in [-0.25, -0.2) is 4.98 Å². The van der Waals surface area contributed by atoms with Crippen molar-refractivity contribution in [1.29, 1.82) is 0 Å². The van der Waals surface area contributed by atoms with E-state index in [1.807, 2.05) is 13.0 Å². The molecule has 140 valence electrons. The number of nitrogens with zero attached hydrogens (tertiary/aromatic N) is 2. The zero-order valence-corrected chi connectivity index (χ0v) is 16.4. The SMILES string of the molecule is CCC(CO)Nc1cc(C)nc2c1COCN2c1c(C)cc(C)cc1C. The number of benzene rings is 1. The Morgan fingerprint density at radius 1 is 1.19 bits per heavy atom. The highest BCUT2D eigenvalue weighted by molar-refractivity contribution is 5.74. The molecule has 2 N–H and O–H groups in total. The largest absolute Gasteiger partial charge is 0.394 e. The zero-order valence-electron chi connectivity index (χ0n) is 16.4. The van der Waals surface area contributed by atoms with Crippen molar-refractivity contribution in [2.24, 2.45) is 0 Å². The van der Waals surface area contributed by atoms with E-state index in [2.05, 4.69) is 50.0 Å². The molecule has 0 fully saturated rings. The zero-order chi connectivity index (χ0) is 18.8. The Labute approximate surface area is 156 Å². The number of nitrogens with one attached hydrogen (secondary N) is 1. The summed E-state index contributed by atoms with van der Waals surface area (Å²) in [7, 11) is 0. The van der Waals surface area contributed by atoms with Crippen molar-refractivity contribution in [3.63, 3.8) is 0 Å². The molecule has 1 atom stereocenters. The number of aryl methyl sites for hydroxylation is 4. The van der Waals surface area contributed by atoms with Crippen LogP contribution in [0.15, 0.2) is 18.2 Å². The van der Waals surface area contributed by atoms with E-state index < -0.39 is 0 Å². The van der Waals surface area contributed by atoms with Gasteiger partial charge in [-0.05, 0) is 51.3 Å². The average molecular weight is 355 g/mol. The fourth-order valence-electron chi connectivity index (χ4n) is 3.74. The van der Waals surface area contributed by atoms with Crippen molar-refractivity contribution < 1.29 is 9.84 Å². The minimum atomic E-state index is 0.0270. The Kier molecular flexibility index (Phi) is 5.49. The van der Waals surface area contributed by atoms with Gasteiger partial charge in [0.2, 0.25) is 0 Å². The smallest absolute Gasteiger partial charge is 0.142 e. The molecular formula is C21H29N3O2. The van der Waals surface area contributed by atoms with E-state index in [9.17, 15) is 5.11 Å². The number of aliphatic hydroxyl groups is 1. The predicted molar refractivity (Wildman–Crippen MR) is 106 cm³/mol. The number of fused-ring (bicyclic) bond motifs is 1. The van der Waals surface area contributed by atoms with Crippen molar-refractivity contribution in [3.8, 4) is 0 Å². The number of pyridine rings is 1. The maximum absolute atomic E-state index is 9.57. The standard InChI is InChI=1S/C21H29N3O2/c1-6-17(10-25)23-19-9-16(5)22-21-18(19)11-26-12-24(21)20-14(3)7-13(2)8-15(20)4/h7-9,17,25H,6,10-12H2,1-5H3,(H,22,23). The first kappa shape index (κ1) is 18.7. The van der Waals surface area contributed by atoms with E-state index in [-0.39, 0.29) is 12.6 Å². The van der Waals surface area contributed by atoms with Crippen LogP contribution in [-0.2, 0) is 11.3 Å². The van der Waals surface area contributed by atoms with E-state index in [1.165, 1.54) is 16.7 Å². The molecule has 0 aliphatic carbocycles. The van der Waals surface area contributed by atoms with Gasteiger partial charge >= 0.3 is 0 Å². The van der Waals surface area contributed by atoms with Crippen molar-refractivity contribution in [2.75, 3.05) is 23.6 Å². The number of ether oxygens (including phenoxy) is 1. The summed E-state index contributed by atoms with van der Waals surface area (Å²) in [4.78, 5) is 7.01. The van der Waals surface area contributed by atoms with Crippen LogP contribution in [0.3, 0.4) is 0 Å². The minimum Gasteiger partial charge on any atom is -0.394 e. The third-order valence-electron chi connectivity index (χ3n) is 4.93. The second-order valence-electron chi connectivity index (χ2n) is 7.20. The maximum atomic E-state index is 9.57. The Bertz CT molecular complexity index is 777. The van der Waals surface area contributed by atoms with Crippen LogP contribution < -0.4 is 10.2 Å². The molecule has 5 nitrogen and oxygen atoms in total. The van der Waals surface area contributed by atoms with Crippen LogP contribution >= 0.6 is 0 Å². The summed E-state index contributed by atoms with van der Waals surface area (Å²) in [5.74, 6) is 0.946. The Balaban J connectivity index is 2.09. The highest BCUT2D eigenvalue weighted by Gasteiger charge is 2.26. The molecule has 0 bridgehead atoms. The summed E-state index contributed by atoms with van der Waals surface area (Å²) in [5, 5.41) is 13.0. The van der Waals surface area contributed by atoms with Gasteiger partial charge in [0.25, 0.3) is 0 Å². The van der Waals surface area contributed by atoms with E-state index in [4.69, 9.17) is 9.72 Å². The lowest BCUT2D eigenvalue weighted by Gasteiger charge is -2.34. The van der Waals surface area contributed by atoms with Gasteiger partial charge in [-0.15, -0.1) is 0 Å². The van der Waals surface area contributed by atoms with Crippen LogP contribution in [0.25, 0.3) is 0 Å². The first-order valence-electron chi connectivity index (χ1n) is 9.25. The summed E-state index contributed by atoms with van der Waals surface area (Å²) in [6, 6.07) is 6.47. The van der Waals surface area contributed by atoms with Gasteiger partial charge in [0.05, 0.1) is 18.9 Å². The van der Waals surface area contributed by atoms with Crippen LogP contribution in [0.4, 0.5) is 17.2 Å². The molecule has 5 heteroatoms. The van der Waals surface area contributed by atoms with Gasteiger partial charge in [-0.3, -0.25) is 0 Å². The maximum Gasteiger partial charge on any atom is 0.142 e. The summed E-state index contributed by atoms with van der Waals surface area (Å²) in [5.41, 5.74) is 7.86. The van der Waals surface area contributed by atoms with Gasteiger partial charge < -0.3 is 20.1 Å². The topological polar surface area (TPSA) is 57.6 Å². The Morgan fingerprint density at radius 2 is 1.88 bits per heavy atom. The van der Waals surface area contributed by atoms with Gasteiger partial charge in [0, 0.05) is 23.0 Å². The fourth-order valence-corrected chi connectivity index (χ4v) is 3.74. The van der Waals surface area contributed by atoms with Gasteiger partial charge in [0.15, 0.2) is 0 Å². The number of anilines is 3. The first-order chi connectivity index (χ1) is 12.4. The molecule has 1 unspecified atom stereocenters. The molecular weight excluding hydrogens is 326 g/mol. The quantitative estimate of drug-likeness (QED) is 0.845. The molecule has 1 aliphatic rings. The van der Waals surface area contributed by atoms with Crippen molar-refractivity contribution >= 4 is 17.2 Å². The van der Waals surface area contributed by atoms with Crippen LogP contribution in [0, 0.1) is 27.7 Å². The van der Waals surface area contributed by atoms with Crippen LogP contribution in [-0.4, -0.2) is 29.5 Å². The van der Waals surface area contributed by atoms with Crippen molar-refractivity contribution in [2.45, 2.75) is 53.7 Å². The third kappa shape index (κ3) is 3.55. The normalized spacial score (nSPS) is 14.9. The van der Waals surface area contributed by atoms with Crippen LogP contribution in [0.1, 0.15) is 41.3 Å². The van der Waals surface area contributed by atoms with Crippen LogP contribution in [0.2, 0.25) is 0 Å². The molecule has 0 amide bonds. The molecule has 1 aromatic heterocycles. The second-order valence-corrected chi connectivity index (χ2v) is 7.20. The monoisotopic (exact) mass is 355 g/mol. The third-order valence-corrected chi connectivity index (χ3v) is 4.93. The molecule has 0 saturated heterocycles. The average Bonchev–Trinajstić information content (AvgIpc) is 2.59. The number of hydrogen-bond donors (Lipinski definition) is 2. The van der Waals surface area contributed by atoms with Gasteiger partial charge in [-0.2, -0.15) is 0 Å². The number of aromatic nitrogens is 1. The molecule has 3 rings (SSSR count). The Morgan fingerprint density at radius 3 is 2.50 bits per heavy atom.